The number of pyridine rings is 1. The lowest BCUT2D eigenvalue weighted by Gasteiger charge is -2.48. The van der Waals surface area contributed by atoms with Crippen molar-refractivity contribution in [2.45, 2.75) is 103 Å². The summed E-state index contributed by atoms with van der Waals surface area (Å²) in [5, 5.41) is 11.5. The van der Waals surface area contributed by atoms with Crippen LogP contribution in [0, 0.1) is 29.1 Å². The van der Waals surface area contributed by atoms with E-state index in [1.54, 1.807) is 21.0 Å². The molecule has 0 spiro atoms. The maximum atomic E-state index is 14.3. The van der Waals surface area contributed by atoms with Gasteiger partial charge in [-0.25, -0.2) is 0 Å². The largest absolute Gasteiger partial charge is 0.463 e. The van der Waals surface area contributed by atoms with E-state index in [4.69, 9.17) is 14.2 Å². The number of hydrogen-bond donors (Lipinski definition) is 1. The van der Waals surface area contributed by atoms with Crippen molar-refractivity contribution in [1.82, 2.24) is 19.7 Å². The molecule has 0 aromatic carbocycles. The molecule has 10 heteroatoms. The second kappa shape index (κ2) is 15.1. The highest BCUT2D eigenvalue weighted by atomic mass is 16.5. The third-order valence-corrected chi connectivity index (χ3v) is 11.3. The number of methoxy groups -OCH3 is 1. The number of aliphatic hydroxyl groups excluding tert-OH is 1. The van der Waals surface area contributed by atoms with Crippen molar-refractivity contribution in [2.24, 2.45) is 29.1 Å². The Morgan fingerprint density at radius 2 is 1.74 bits per heavy atom. The van der Waals surface area contributed by atoms with Crippen molar-refractivity contribution in [3.63, 3.8) is 0 Å². The van der Waals surface area contributed by atoms with Gasteiger partial charge in [-0.2, -0.15) is 0 Å². The van der Waals surface area contributed by atoms with Crippen molar-refractivity contribution >= 4 is 11.8 Å². The topological polar surface area (TPSA) is 105 Å². The summed E-state index contributed by atoms with van der Waals surface area (Å²) in [6.07, 6.45) is 4.34. The van der Waals surface area contributed by atoms with Crippen molar-refractivity contribution in [2.75, 3.05) is 54.5 Å². The van der Waals surface area contributed by atoms with E-state index < -0.39 is 35.1 Å². The molecule has 0 radical (unpaired) electrons. The Labute approximate surface area is 277 Å². The zero-order valence-electron chi connectivity index (χ0n) is 29.9. The van der Waals surface area contributed by atoms with E-state index in [0.29, 0.717) is 18.8 Å². The molecule has 9 atom stereocenters. The summed E-state index contributed by atoms with van der Waals surface area (Å²) in [6, 6.07) is 4.07. The van der Waals surface area contributed by atoms with Crippen LogP contribution in [0.25, 0.3) is 0 Å². The first-order chi connectivity index (χ1) is 21.6. The van der Waals surface area contributed by atoms with Gasteiger partial charge in [-0.1, -0.05) is 13.8 Å². The lowest BCUT2D eigenvalue weighted by Crippen LogP contribution is -2.58. The van der Waals surface area contributed by atoms with E-state index >= 15 is 0 Å². The van der Waals surface area contributed by atoms with Gasteiger partial charge in [0.25, 0.3) is 0 Å². The number of ether oxygens (including phenoxy) is 3. The molecule has 1 aromatic heterocycles. The van der Waals surface area contributed by atoms with Crippen LogP contribution in [-0.4, -0.2) is 127 Å². The van der Waals surface area contributed by atoms with Gasteiger partial charge in [0.15, 0.2) is 5.78 Å². The number of carbonyl (C=O) groups is 2. The number of rotatable bonds is 7. The van der Waals surface area contributed by atoms with Crippen molar-refractivity contribution in [3.05, 3.63) is 30.1 Å². The van der Waals surface area contributed by atoms with Crippen LogP contribution in [0.3, 0.4) is 0 Å². The van der Waals surface area contributed by atoms with Gasteiger partial charge in [-0.05, 0) is 97.6 Å². The summed E-state index contributed by atoms with van der Waals surface area (Å²) in [4.78, 5) is 38.9. The average molecular weight is 645 g/mol. The zero-order chi connectivity index (χ0) is 34.0. The minimum absolute atomic E-state index is 0.0292. The third kappa shape index (κ3) is 8.18. The van der Waals surface area contributed by atoms with Crippen LogP contribution in [-0.2, 0) is 30.3 Å². The second-order valence-corrected chi connectivity index (χ2v) is 15.6. The summed E-state index contributed by atoms with van der Waals surface area (Å²) in [6.45, 7) is 15.4. The molecular formula is C36H60N4O6. The molecule has 3 aliphatic heterocycles. The van der Waals surface area contributed by atoms with Crippen molar-refractivity contribution in [1.29, 1.82) is 0 Å². The van der Waals surface area contributed by atoms with E-state index in [2.05, 4.69) is 40.6 Å². The van der Waals surface area contributed by atoms with Gasteiger partial charge in [-0.15, -0.1) is 0 Å². The van der Waals surface area contributed by atoms with Gasteiger partial charge < -0.3 is 24.2 Å². The first kappa shape index (κ1) is 36.9. The number of cyclic esters (lactones) is 1. The standard InChI is InChI=1S/C36H60N4O6/c1-23-17-36(6,44-10)28(16-31-32(41)29(38(7)8)15-24(2)46-31)25(3)33(42)35(4,5)34(43)45-22-30(39(9)18-23)27-20-40(21-27)19-26-11-13-37-14-12-26/h11-14,23-25,27-32,41H,15-22H2,1-10H3/t23-,24-,25-,28-,29+,30?,31+,32-,36-/m1/s1. The molecule has 1 unspecified atom stereocenters. The van der Waals surface area contributed by atoms with Crippen molar-refractivity contribution < 1.29 is 28.9 Å². The maximum Gasteiger partial charge on any atom is 0.319 e. The number of hydrogen-bond acceptors (Lipinski definition) is 10. The highest BCUT2D eigenvalue weighted by Gasteiger charge is 2.51. The van der Waals surface area contributed by atoms with Gasteiger partial charge in [-0.3, -0.25) is 24.4 Å². The summed E-state index contributed by atoms with van der Waals surface area (Å²) in [7, 11) is 7.80. The lowest BCUT2D eigenvalue weighted by molar-refractivity contribution is -0.173. The molecule has 0 amide bonds. The van der Waals surface area contributed by atoms with Crippen LogP contribution in [0.15, 0.2) is 24.5 Å². The average Bonchev–Trinajstić information content (AvgIpc) is 2.98. The molecular weight excluding hydrogens is 584 g/mol. The third-order valence-electron chi connectivity index (χ3n) is 11.3. The SMILES string of the molecule is CO[C@]1(C)C[C@@H](C)CN(C)C(C2CN(Cc3ccncc3)C2)COC(=O)C(C)(C)C(=O)[C@H](C)[C@H]1C[C@@H]1O[C@H](C)C[C@H](N(C)C)[C@H]1O. The lowest BCUT2D eigenvalue weighted by atomic mass is 9.67. The summed E-state index contributed by atoms with van der Waals surface area (Å²) in [5.41, 5.74) is -0.806. The number of carbonyl (C=O) groups excluding carboxylic acids is 2. The number of aromatic nitrogens is 1. The predicted octanol–water partition coefficient (Wildman–Crippen LogP) is 3.51. The number of nitrogens with zero attached hydrogens (tertiary/aromatic N) is 4. The number of likely N-dealkylation sites (N-methyl/N-ethyl adjacent to an activating group) is 2. The molecule has 4 heterocycles. The molecule has 260 valence electrons. The van der Waals surface area contributed by atoms with Crippen LogP contribution < -0.4 is 0 Å². The minimum Gasteiger partial charge on any atom is -0.463 e. The first-order valence-corrected chi connectivity index (χ1v) is 17.2. The highest BCUT2D eigenvalue weighted by molar-refractivity contribution is 6.04. The molecule has 0 aliphatic carbocycles. The number of Topliss-reactive ketones (excluding diaryl/α,β-unsaturated/α-hetero) is 1. The monoisotopic (exact) mass is 644 g/mol. The molecule has 1 aromatic rings. The Morgan fingerprint density at radius 3 is 2.35 bits per heavy atom. The fourth-order valence-corrected chi connectivity index (χ4v) is 8.42. The predicted molar refractivity (Wildman–Crippen MR) is 178 cm³/mol. The molecule has 0 saturated carbocycles. The number of ketones is 1. The fourth-order valence-electron chi connectivity index (χ4n) is 8.42. The van der Waals surface area contributed by atoms with Crippen LogP contribution in [0.2, 0.25) is 0 Å². The Kier molecular flexibility index (Phi) is 12.1. The number of likely N-dealkylation sites (tertiary alicyclic amines) is 1. The number of esters is 1. The normalized spacial score (nSPS) is 37.6. The summed E-state index contributed by atoms with van der Waals surface area (Å²) in [5.74, 6) is -0.928. The Bertz CT molecular complexity index is 1160. The number of aliphatic hydroxyl groups is 1. The Balaban J connectivity index is 1.59. The second-order valence-electron chi connectivity index (χ2n) is 15.6. The van der Waals surface area contributed by atoms with Crippen LogP contribution in [0.1, 0.15) is 66.4 Å². The first-order valence-electron chi connectivity index (χ1n) is 17.2. The van der Waals surface area contributed by atoms with Crippen molar-refractivity contribution in [3.8, 4) is 0 Å². The molecule has 4 rings (SSSR count). The van der Waals surface area contributed by atoms with Gasteiger partial charge in [0.05, 0.1) is 23.9 Å². The highest BCUT2D eigenvalue weighted by Crippen LogP contribution is 2.43. The Morgan fingerprint density at radius 1 is 1.09 bits per heavy atom. The van der Waals surface area contributed by atoms with E-state index in [9.17, 15) is 14.7 Å². The quantitative estimate of drug-likeness (QED) is 0.350. The van der Waals surface area contributed by atoms with Crippen LogP contribution >= 0.6 is 0 Å². The zero-order valence-corrected chi connectivity index (χ0v) is 29.9. The van der Waals surface area contributed by atoms with Crippen LogP contribution in [0.4, 0.5) is 0 Å². The Hall–Kier alpha value is -1.95. The van der Waals surface area contributed by atoms with Gasteiger partial charge in [0.2, 0.25) is 0 Å². The maximum absolute atomic E-state index is 14.3. The minimum atomic E-state index is -1.34. The van der Waals surface area contributed by atoms with E-state index in [1.165, 1.54) is 5.56 Å². The molecule has 3 aliphatic rings. The van der Waals surface area contributed by atoms with Gasteiger partial charge in [0, 0.05) is 69.6 Å². The fraction of sp³-hybridized carbons (Fsp3) is 0.806. The van der Waals surface area contributed by atoms with Gasteiger partial charge in [0.1, 0.15) is 12.0 Å². The molecule has 10 nitrogen and oxygen atoms in total. The molecule has 3 fully saturated rings. The smallest absolute Gasteiger partial charge is 0.319 e. The molecule has 46 heavy (non-hydrogen) atoms. The van der Waals surface area contributed by atoms with E-state index in [-0.39, 0.29) is 42.4 Å². The van der Waals surface area contributed by atoms with E-state index in [0.717, 1.165) is 32.6 Å². The summed E-state index contributed by atoms with van der Waals surface area (Å²) < 4.78 is 18.7. The van der Waals surface area contributed by atoms with E-state index in [1.807, 2.05) is 52.5 Å². The molecule has 3 saturated heterocycles. The molecule has 1 N–H and O–H groups in total. The van der Waals surface area contributed by atoms with Gasteiger partial charge >= 0.3 is 5.97 Å². The van der Waals surface area contributed by atoms with Crippen LogP contribution in [0.5, 0.6) is 0 Å². The molecule has 0 bridgehead atoms. The summed E-state index contributed by atoms with van der Waals surface area (Å²) >= 11 is 0.